The summed E-state index contributed by atoms with van der Waals surface area (Å²) in [5, 5.41) is 2.82. The standard InChI is InChI=1S/C20H22N2O2/c1-22(2)20(24)15-11-17-8-12-18(13-9-17)21-19(23)14-10-16-6-4-3-5-7-16/h3-10,12-14H,11,15H2,1-2H3,(H,21,23)/b14-10+. The Labute approximate surface area is 142 Å². The Morgan fingerprint density at radius 3 is 2.29 bits per heavy atom. The summed E-state index contributed by atoms with van der Waals surface area (Å²) in [6, 6.07) is 17.2. The van der Waals surface area contributed by atoms with Crippen molar-refractivity contribution >= 4 is 23.6 Å². The van der Waals surface area contributed by atoms with Gasteiger partial charge in [-0.3, -0.25) is 9.59 Å². The first-order chi connectivity index (χ1) is 11.5. The topological polar surface area (TPSA) is 49.4 Å². The highest BCUT2D eigenvalue weighted by molar-refractivity contribution is 6.01. The Hall–Kier alpha value is -2.88. The number of hydrogen-bond donors (Lipinski definition) is 1. The molecule has 0 saturated heterocycles. The van der Waals surface area contributed by atoms with Crippen molar-refractivity contribution in [3.05, 3.63) is 71.8 Å². The van der Waals surface area contributed by atoms with Crippen LogP contribution < -0.4 is 5.32 Å². The second kappa shape index (κ2) is 8.67. The Morgan fingerprint density at radius 1 is 1.00 bits per heavy atom. The predicted octanol–water partition coefficient (Wildman–Crippen LogP) is 3.36. The number of hydrogen-bond acceptors (Lipinski definition) is 2. The highest BCUT2D eigenvalue weighted by Gasteiger charge is 2.04. The number of nitrogens with zero attached hydrogens (tertiary/aromatic N) is 1. The molecule has 2 aromatic rings. The Bertz CT molecular complexity index is 704. The third-order valence-electron chi connectivity index (χ3n) is 3.57. The van der Waals surface area contributed by atoms with E-state index in [2.05, 4.69) is 5.32 Å². The molecule has 0 aliphatic heterocycles. The largest absolute Gasteiger partial charge is 0.349 e. The number of nitrogens with one attached hydrogen (secondary N) is 1. The van der Waals surface area contributed by atoms with Gasteiger partial charge in [0.15, 0.2) is 0 Å². The molecule has 0 fully saturated rings. The molecular formula is C20H22N2O2. The van der Waals surface area contributed by atoms with Crippen LogP contribution in [0.4, 0.5) is 5.69 Å². The molecule has 4 nitrogen and oxygen atoms in total. The van der Waals surface area contributed by atoms with Crippen molar-refractivity contribution in [2.45, 2.75) is 12.8 Å². The van der Waals surface area contributed by atoms with E-state index in [-0.39, 0.29) is 11.8 Å². The Morgan fingerprint density at radius 2 is 1.67 bits per heavy atom. The fourth-order valence-corrected chi connectivity index (χ4v) is 2.15. The van der Waals surface area contributed by atoms with Crippen LogP contribution >= 0.6 is 0 Å². The van der Waals surface area contributed by atoms with E-state index in [1.807, 2.05) is 54.6 Å². The van der Waals surface area contributed by atoms with Crippen molar-refractivity contribution in [1.82, 2.24) is 4.90 Å². The number of carbonyl (C=O) groups is 2. The number of rotatable bonds is 6. The van der Waals surface area contributed by atoms with Gasteiger partial charge in [0.25, 0.3) is 0 Å². The first-order valence-electron chi connectivity index (χ1n) is 7.88. The van der Waals surface area contributed by atoms with Gasteiger partial charge < -0.3 is 10.2 Å². The van der Waals surface area contributed by atoms with E-state index < -0.39 is 0 Å². The van der Waals surface area contributed by atoms with Crippen LogP contribution in [-0.2, 0) is 16.0 Å². The van der Waals surface area contributed by atoms with Crippen LogP contribution in [0.3, 0.4) is 0 Å². The van der Waals surface area contributed by atoms with Gasteiger partial charge >= 0.3 is 0 Å². The van der Waals surface area contributed by atoms with E-state index in [1.54, 1.807) is 25.1 Å². The number of aryl methyl sites for hydroxylation is 1. The maximum atomic E-state index is 11.9. The SMILES string of the molecule is CN(C)C(=O)CCc1ccc(NC(=O)/C=C/c2ccccc2)cc1. The molecule has 0 atom stereocenters. The van der Waals surface area contributed by atoms with Crippen molar-refractivity contribution in [2.24, 2.45) is 0 Å². The van der Waals surface area contributed by atoms with Gasteiger partial charge in [-0.05, 0) is 35.8 Å². The first kappa shape index (κ1) is 17.5. The zero-order valence-corrected chi connectivity index (χ0v) is 14.0. The van der Waals surface area contributed by atoms with Crippen molar-refractivity contribution in [2.75, 3.05) is 19.4 Å². The van der Waals surface area contributed by atoms with Gasteiger partial charge in [-0.1, -0.05) is 42.5 Å². The second-order valence-electron chi connectivity index (χ2n) is 5.72. The van der Waals surface area contributed by atoms with Crippen LogP contribution in [0.15, 0.2) is 60.7 Å². The molecule has 0 radical (unpaired) electrons. The minimum Gasteiger partial charge on any atom is -0.349 e. The highest BCUT2D eigenvalue weighted by atomic mass is 16.2. The van der Waals surface area contributed by atoms with E-state index in [9.17, 15) is 9.59 Å². The zero-order chi connectivity index (χ0) is 17.4. The smallest absolute Gasteiger partial charge is 0.248 e. The van der Waals surface area contributed by atoms with Crippen molar-refractivity contribution in [1.29, 1.82) is 0 Å². The molecule has 2 rings (SSSR count). The lowest BCUT2D eigenvalue weighted by molar-refractivity contribution is -0.128. The summed E-state index contributed by atoms with van der Waals surface area (Å²) < 4.78 is 0. The molecule has 24 heavy (non-hydrogen) atoms. The third-order valence-corrected chi connectivity index (χ3v) is 3.57. The molecule has 2 aromatic carbocycles. The summed E-state index contributed by atoms with van der Waals surface area (Å²) >= 11 is 0. The summed E-state index contributed by atoms with van der Waals surface area (Å²) in [5.41, 5.74) is 2.79. The molecule has 124 valence electrons. The molecule has 0 spiro atoms. The van der Waals surface area contributed by atoms with Gasteiger partial charge in [-0.2, -0.15) is 0 Å². The van der Waals surface area contributed by atoms with E-state index >= 15 is 0 Å². The summed E-state index contributed by atoms with van der Waals surface area (Å²) in [6.07, 6.45) is 4.47. The molecule has 1 N–H and O–H groups in total. The normalized spacial score (nSPS) is 10.6. The van der Waals surface area contributed by atoms with Crippen molar-refractivity contribution in [3.63, 3.8) is 0 Å². The summed E-state index contributed by atoms with van der Waals surface area (Å²) in [7, 11) is 3.51. The van der Waals surface area contributed by atoms with E-state index in [0.29, 0.717) is 12.8 Å². The summed E-state index contributed by atoms with van der Waals surface area (Å²) in [4.78, 5) is 25.1. The summed E-state index contributed by atoms with van der Waals surface area (Å²) in [6.45, 7) is 0. The molecule has 0 unspecified atom stereocenters. The van der Waals surface area contributed by atoms with Crippen LogP contribution in [0.1, 0.15) is 17.5 Å². The molecule has 0 saturated carbocycles. The minimum absolute atomic E-state index is 0.110. The molecule has 2 amide bonds. The van der Waals surface area contributed by atoms with Gasteiger partial charge in [-0.25, -0.2) is 0 Å². The number of anilines is 1. The molecule has 0 aliphatic carbocycles. The maximum absolute atomic E-state index is 11.9. The fourth-order valence-electron chi connectivity index (χ4n) is 2.15. The molecule has 4 heteroatoms. The molecular weight excluding hydrogens is 300 g/mol. The molecule has 0 aliphatic rings. The van der Waals surface area contributed by atoms with Gasteiger partial charge in [0.2, 0.25) is 11.8 Å². The number of carbonyl (C=O) groups excluding carboxylic acids is 2. The lowest BCUT2D eigenvalue weighted by atomic mass is 10.1. The van der Waals surface area contributed by atoms with Gasteiger partial charge in [0.1, 0.15) is 0 Å². The average Bonchev–Trinajstić information content (AvgIpc) is 2.60. The monoisotopic (exact) mass is 322 g/mol. The molecule has 0 heterocycles. The predicted molar refractivity (Wildman–Crippen MR) is 97.6 cm³/mol. The number of benzene rings is 2. The van der Waals surface area contributed by atoms with Crippen LogP contribution in [-0.4, -0.2) is 30.8 Å². The van der Waals surface area contributed by atoms with Crippen molar-refractivity contribution < 1.29 is 9.59 Å². The lowest BCUT2D eigenvalue weighted by Gasteiger charge is -2.10. The average molecular weight is 322 g/mol. The third kappa shape index (κ3) is 5.72. The zero-order valence-electron chi connectivity index (χ0n) is 14.0. The maximum Gasteiger partial charge on any atom is 0.248 e. The van der Waals surface area contributed by atoms with E-state index in [1.165, 1.54) is 6.08 Å². The van der Waals surface area contributed by atoms with Crippen LogP contribution in [0, 0.1) is 0 Å². The summed E-state index contributed by atoms with van der Waals surface area (Å²) in [5.74, 6) is -0.0622. The van der Waals surface area contributed by atoms with Crippen LogP contribution in [0.5, 0.6) is 0 Å². The number of amides is 2. The van der Waals surface area contributed by atoms with E-state index in [4.69, 9.17) is 0 Å². The first-order valence-corrected chi connectivity index (χ1v) is 7.88. The van der Waals surface area contributed by atoms with Crippen LogP contribution in [0.25, 0.3) is 6.08 Å². The Kier molecular flexibility index (Phi) is 6.32. The van der Waals surface area contributed by atoms with Crippen LogP contribution in [0.2, 0.25) is 0 Å². The quantitative estimate of drug-likeness (QED) is 0.829. The highest BCUT2D eigenvalue weighted by Crippen LogP contribution is 2.12. The Balaban J connectivity index is 1.86. The fraction of sp³-hybridized carbons (Fsp3) is 0.200. The minimum atomic E-state index is -0.172. The van der Waals surface area contributed by atoms with E-state index in [0.717, 1.165) is 16.8 Å². The van der Waals surface area contributed by atoms with Gasteiger partial charge in [-0.15, -0.1) is 0 Å². The van der Waals surface area contributed by atoms with Gasteiger partial charge in [0, 0.05) is 32.3 Å². The second-order valence-corrected chi connectivity index (χ2v) is 5.72. The molecule has 0 aromatic heterocycles. The molecule has 0 bridgehead atoms. The lowest BCUT2D eigenvalue weighted by Crippen LogP contribution is -2.21. The van der Waals surface area contributed by atoms with Gasteiger partial charge in [0.05, 0.1) is 0 Å². The van der Waals surface area contributed by atoms with Crippen molar-refractivity contribution in [3.8, 4) is 0 Å².